The molecule has 0 aliphatic carbocycles. The molecule has 212 valence electrons. The molecule has 0 unspecified atom stereocenters. The Hall–Kier alpha value is -3.92. The highest BCUT2D eigenvalue weighted by Gasteiger charge is 2.24. The Morgan fingerprint density at radius 1 is 0.821 bits per heavy atom. The molecule has 4 amide bonds. The second kappa shape index (κ2) is 15.5. The zero-order valence-electron chi connectivity index (χ0n) is 23.7. The number of likely N-dealkylation sites (N-methyl/N-ethyl adjacent to an activating group) is 2. The van der Waals surface area contributed by atoms with Crippen molar-refractivity contribution in [2.45, 2.75) is 58.8 Å². The summed E-state index contributed by atoms with van der Waals surface area (Å²) in [4.78, 5) is 52.1. The number of hydrogen-bond acceptors (Lipinski definition) is 6. The summed E-state index contributed by atoms with van der Waals surface area (Å²) in [5.74, 6) is -0.663. The lowest BCUT2D eigenvalue weighted by atomic mass is 10.0. The molecule has 0 fully saturated rings. The van der Waals surface area contributed by atoms with Crippen LogP contribution in [0.15, 0.2) is 54.6 Å². The third-order valence-electron chi connectivity index (χ3n) is 6.09. The highest BCUT2D eigenvalue weighted by molar-refractivity contribution is 5.97. The van der Waals surface area contributed by atoms with Crippen molar-refractivity contribution in [2.24, 2.45) is 0 Å². The van der Waals surface area contributed by atoms with E-state index in [4.69, 9.17) is 4.74 Å². The van der Waals surface area contributed by atoms with Gasteiger partial charge in [-0.05, 0) is 36.6 Å². The number of carbonyl (C=O) groups excluding carboxylic acids is 4. The van der Waals surface area contributed by atoms with E-state index in [1.54, 1.807) is 45.3 Å². The van der Waals surface area contributed by atoms with Crippen LogP contribution in [0.1, 0.15) is 38.8 Å². The fourth-order valence-corrected chi connectivity index (χ4v) is 3.60. The Morgan fingerprint density at radius 2 is 1.44 bits per heavy atom. The van der Waals surface area contributed by atoms with Gasteiger partial charge in [0.1, 0.15) is 12.6 Å². The summed E-state index contributed by atoms with van der Waals surface area (Å²) in [7, 11) is 3.28. The molecule has 0 bridgehead atoms. The van der Waals surface area contributed by atoms with Crippen LogP contribution in [0.5, 0.6) is 0 Å². The number of carbonyl (C=O) groups is 4. The van der Waals surface area contributed by atoms with Crippen molar-refractivity contribution in [3.05, 3.63) is 65.7 Å². The molecule has 0 aliphatic heterocycles. The number of nitrogens with one attached hydrogen (secondary N) is 3. The molecule has 0 aliphatic rings. The quantitative estimate of drug-likeness (QED) is 0.360. The molecule has 2 aromatic carbocycles. The summed E-state index contributed by atoms with van der Waals surface area (Å²) in [5.41, 5.74) is 2.34. The third-order valence-corrected chi connectivity index (χ3v) is 6.09. The molecular weight excluding hydrogens is 498 g/mol. The van der Waals surface area contributed by atoms with E-state index >= 15 is 0 Å². The lowest BCUT2D eigenvalue weighted by Gasteiger charge is -2.23. The number of benzene rings is 2. The summed E-state index contributed by atoms with van der Waals surface area (Å²) in [5, 5.41) is 8.88. The first-order valence-electron chi connectivity index (χ1n) is 13.1. The van der Waals surface area contributed by atoms with E-state index in [0.29, 0.717) is 25.2 Å². The van der Waals surface area contributed by atoms with E-state index in [2.05, 4.69) is 16.0 Å². The number of hydrogen-bond donors (Lipinski definition) is 3. The number of nitrogens with zero attached hydrogens (tertiary/aromatic N) is 2. The lowest BCUT2D eigenvalue weighted by molar-refractivity contribution is -0.128. The number of rotatable bonds is 13. The second-order valence-corrected chi connectivity index (χ2v) is 9.90. The van der Waals surface area contributed by atoms with Gasteiger partial charge in [-0.3, -0.25) is 14.4 Å². The second-order valence-electron chi connectivity index (χ2n) is 9.90. The van der Waals surface area contributed by atoms with Crippen LogP contribution in [-0.2, 0) is 32.1 Å². The molecule has 0 aromatic heterocycles. The molecule has 10 nitrogen and oxygen atoms in total. The van der Waals surface area contributed by atoms with Gasteiger partial charge in [0.15, 0.2) is 0 Å². The SMILES string of the molecule is CC(=O)N(C)CCN(C)C(=O)OCc1ccc(NC(=O)[C@H](C)NC(=O)[C@H](Cc2ccccc2)NC(C)C)cc1. The van der Waals surface area contributed by atoms with Gasteiger partial charge in [-0.2, -0.15) is 0 Å². The van der Waals surface area contributed by atoms with Gasteiger partial charge in [0.2, 0.25) is 17.7 Å². The topological polar surface area (TPSA) is 120 Å². The van der Waals surface area contributed by atoms with Gasteiger partial charge >= 0.3 is 6.09 Å². The van der Waals surface area contributed by atoms with Crippen molar-refractivity contribution in [1.29, 1.82) is 0 Å². The van der Waals surface area contributed by atoms with E-state index in [1.807, 2.05) is 44.2 Å². The lowest BCUT2D eigenvalue weighted by Crippen LogP contribution is -2.52. The van der Waals surface area contributed by atoms with E-state index in [9.17, 15) is 19.2 Å². The molecule has 0 saturated heterocycles. The smallest absolute Gasteiger partial charge is 0.409 e. The van der Waals surface area contributed by atoms with Gasteiger partial charge in [0, 0.05) is 45.8 Å². The first-order valence-corrected chi connectivity index (χ1v) is 13.1. The average Bonchev–Trinajstić information content (AvgIpc) is 2.90. The van der Waals surface area contributed by atoms with Crippen LogP contribution < -0.4 is 16.0 Å². The Labute approximate surface area is 231 Å². The van der Waals surface area contributed by atoms with Gasteiger partial charge in [-0.1, -0.05) is 56.3 Å². The predicted octanol–water partition coefficient (Wildman–Crippen LogP) is 2.79. The van der Waals surface area contributed by atoms with Crippen LogP contribution in [0.25, 0.3) is 0 Å². The first-order chi connectivity index (χ1) is 18.5. The maximum Gasteiger partial charge on any atom is 0.409 e. The van der Waals surface area contributed by atoms with Crippen LogP contribution in [0.4, 0.5) is 10.5 Å². The minimum atomic E-state index is -0.747. The Morgan fingerprint density at radius 3 is 2.03 bits per heavy atom. The molecule has 2 atom stereocenters. The molecule has 3 N–H and O–H groups in total. The van der Waals surface area contributed by atoms with Gasteiger partial charge in [-0.25, -0.2) is 4.79 Å². The maximum absolute atomic E-state index is 13.0. The highest BCUT2D eigenvalue weighted by atomic mass is 16.6. The highest BCUT2D eigenvalue weighted by Crippen LogP contribution is 2.12. The van der Waals surface area contributed by atoms with E-state index in [0.717, 1.165) is 11.1 Å². The molecule has 10 heteroatoms. The zero-order chi connectivity index (χ0) is 28.9. The zero-order valence-corrected chi connectivity index (χ0v) is 23.7. The Bertz CT molecular complexity index is 1090. The molecule has 0 saturated carbocycles. The van der Waals surface area contributed by atoms with Crippen molar-refractivity contribution in [2.75, 3.05) is 32.5 Å². The molecule has 2 rings (SSSR count). The van der Waals surface area contributed by atoms with Gasteiger partial charge in [0.25, 0.3) is 0 Å². The van der Waals surface area contributed by atoms with Crippen LogP contribution in [-0.4, -0.2) is 78.9 Å². The molecule has 0 heterocycles. The fraction of sp³-hybridized carbons (Fsp3) is 0.448. The van der Waals surface area contributed by atoms with Crippen LogP contribution >= 0.6 is 0 Å². The van der Waals surface area contributed by atoms with Crippen LogP contribution in [0.2, 0.25) is 0 Å². The number of anilines is 1. The van der Waals surface area contributed by atoms with E-state index in [-0.39, 0.29) is 30.4 Å². The predicted molar refractivity (Wildman–Crippen MR) is 151 cm³/mol. The van der Waals surface area contributed by atoms with Crippen molar-refractivity contribution in [3.8, 4) is 0 Å². The number of amides is 4. The first kappa shape index (κ1) is 31.3. The molecule has 0 spiro atoms. The summed E-state index contributed by atoms with van der Waals surface area (Å²) in [6.45, 7) is 7.89. The van der Waals surface area contributed by atoms with Crippen molar-refractivity contribution in [1.82, 2.24) is 20.4 Å². The summed E-state index contributed by atoms with van der Waals surface area (Å²) in [6, 6.07) is 15.5. The minimum Gasteiger partial charge on any atom is -0.445 e. The summed E-state index contributed by atoms with van der Waals surface area (Å²) < 4.78 is 5.32. The van der Waals surface area contributed by atoms with Crippen molar-refractivity contribution < 1.29 is 23.9 Å². The summed E-state index contributed by atoms with van der Waals surface area (Å²) in [6.07, 6.45) is 0.0163. The Kier molecular flexibility index (Phi) is 12.4. The minimum absolute atomic E-state index is 0.0675. The van der Waals surface area contributed by atoms with Crippen molar-refractivity contribution in [3.63, 3.8) is 0 Å². The molecule has 39 heavy (non-hydrogen) atoms. The van der Waals surface area contributed by atoms with Gasteiger partial charge < -0.3 is 30.5 Å². The normalized spacial score (nSPS) is 12.3. The summed E-state index contributed by atoms with van der Waals surface area (Å²) >= 11 is 0. The van der Waals surface area contributed by atoms with E-state index in [1.165, 1.54) is 16.7 Å². The van der Waals surface area contributed by atoms with Gasteiger partial charge in [-0.15, -0.1) is 0 Å². The fourth-order valence-electron chi connectivity index (χ4n) is 3.60. The molecular formula is C29H41N5O5. The standard InChI is InChI=1S/C29H41N5O5/c1-20(2)30-26(18-23-10-8-7-9-11-23)28(37)31-21(3)27(36)32-25-14-12-24(13-15-25)19-39-29(38)34(6)17-16-33(5)22(4)35/h7-15,20-21,26,30H,16-19H2,1-6H3,(H,31,37)(H,32,36)/t21-,26-/m0/s1. The average molecular weight is 540 g/mol. The van der Waals surface area contributed by atoms with Crippen LogP contribution in [0, 0.1) is 0 Å². The molecule has 0 radical (unpaired) electrons. The van der Waals surface area contributed by atoms with E-state index < -0.39 is 18.2 Å². The molecule has 2 aromatic rings. The number of ether oxygens (including phenoxy) is 1. The van der Waals surface area contributed by atoms with Crippen LogP contribution in [0.3, 0.4) is 0 Å². The Balaban J connectivity index is 1.84. The maximum atomic E-state index is 13.0. The van der Waals surface area contributed by atoms with Gasteiger partial charge in [0.05, 0.1) is 6.04 Å². The third kappa shape index (κ3) is 11.2. The monoisotopic (exact) mass is 539 g/mol. The van der Waals surface area contributed by atoms with Crippen molar-refractivity contribution >= 4 is 29.5 Å². The largest absolute Gasteiger partial charge is 0.445 e.